The van der Waals surface area contributed by atoms with E-state index in [9.17, 15) is 4.21 Å². The Balaban J connectivity index is 0.00000169. The molecule has 0 amide bonds. The summed E-state index contributed by atoms with van der Waals surface area (Å²) in [5.74, 6) is 0. The van der Waals surface area contributed by atoms with Gasteiger partial charge in [-0.15, -0.1) is 0 Å². The van der Waals surface area contributed by atoms with Gasteiger partial charge in [-0.25, -0.2) is 0 Å². The molecule has 0 bridgehead atoms. The van der Waals surface area contributed by atoms with Crippen molar-refractivity contribution in [3.63, 3.8) is 0 Å². The van der Waals surface area contributed by atoms with Gasteiger partial charge in [-0.05, 0) is 13.8 Å². The number of aromatic nitrogens is 2. The van der Waals surface area contributed by atoms with Crippen LogP contribution in [0.4, 0.5) is 0 Å². The molecule has 0 spiro atoms. The molecule has 6 heteroatoms. The fourth-order valence-electron chi connectivity index (χ4n) is 0.858. The van der Waals surface area contributed by atoms with Gasteiger partial charge in [-0.1, -0.05) is 0 Å². The van der Waals surface area contributed by atoms with E-state index in [-0.39, 0.29) is 12.1 Å². The molecule has 0 fully saturated rings. The highest BCUT2D eigenvalue weighted by molar-refractivity contribution is 7.84. The van der Waals surface area contributed by atoms with Crippen molar-refractivity contribution in [1.29, 1.82) is 0 Å². The van der Waals surface area contributed by atoms with Gasteiger partial charge in [-0.2, -0.15) is 5.10 Å². The third-order valence-corrected chi connectivity index (χ3v) is 2.77. The predicted molar refractivity (Wildman–Crippen MR) is 54.6 cm³/mol. The summed E-state index contributed by atoms with van der Waals surface area (Å²) in [5.41, 5.74) is -0.433. The SMILES string of the molecule is CS(=O)c1cnn(C(C)(C)CO)c1.O. The minimum Gasteiger partial charge on any atom is -0.412 e. The number of aliphatic hydroxyl groups is 1. The van der Waals surface area contributed by atoms with Crippen LogP contribution in [0.2, 0.25) is 0 Å². The molecule has 1 heterocycles. The predicted octanol–water partition coefficient (Wildman–Crippen LogP) is -0.477. The average Bonchev–Trinajstić information content (AvgIpc) is 2.52. The lowest BCUT2D eigenvalue weighted by Crippen LogP contribution is -2.30. The molecule has 14 heavy (non-hydrogen) atoms. The largest absolute Gasteiger partial charge is 0.412 e. The van der Waals surface area contributed by atoms with Gasteiger partial charge in [0.2, 0.25) is 0 Å². The van der Waals surface area contributed by atoms with Gasteiger partial charge in [0.25, 0.3) is 0 Å². The summed E-state index contributed by atoms with van der Waals surface area (Å²) in [4.78, 5) is 0.682. The highest BCUT2D eigenvalue weighted by Crippen LogP contribution is 2.14. The Morgan fingerprint density at radius 1 is 1.64 bits per heavy atom. The van der Waals surface area contributed by atoms with E-state index in [1.165, 1.54) is 0 Å². The van der Waals surface area contributed by atoms with Crippen molar-refractivity contribution in [2.75, 3.05) is 12.9 Å². The summed E-state index contributed by atoms with van der Waals surface area (Å²) >= 11 is 0. The molecule has 0 saturated carbocycles. The van der Waals surface area contributed by atoms with Crippen molar-refractivity contribution in [3.05, 3.63) is 12.4 Å². The van der Waals surface area contributed by atoms with Crippen LogP contribution in [0.15, 0.2) is 17.3 Å². The Hall–Kier alpha value is -0.720. The van der Waals surface area contributed by atoms with Gasteiger partial charge >= 0.3 is 0 Å². The number of hydrogen-bond donors (Lipinski definition) is 1. The minimum absolute atomic E-state index is 0. The lowest BCUT2D eigenvalue weighted by Gasteiger charge is -2.21. The van der Waals surface area contributed by atoms with Crippen LogP contribution in [-0.2, 0) is 16.3 Å². The first kappa shape index (κ1) is 13.3. The second-order valence-corrected chi connectivity index (χ2v) is 4.92. The summed E-state index contributed by atoms with van der Waals surface area (Å²) in [6.07, 6.45) is 4.87. The van der Waals surface area contributed by atoms with Gasteiger partial charge in [0.05, 0.1) is 34.0 Å². The highest BCUT2D eigenvalue weighted by atomic mass is 32.2. The standard InChI is InChI=1S/C8H14N2O2S.H2O/c1-8(2,6-11)10-5-7(4-9-10)13(3)12;/h4-5,11H,6H2,1-3H3;1H2. The van der Waals surface area contributed by atoms with E-state index >= 15 is 0 Å². The Morgan fingerprint density at radius 3 is 2.57 bits per heavy atom. The maximum Gasteiger partial charge on any atom is 0.0801 e. The fraction of sp³-hybridized carbons (Fsp3) is 0.625. The molecule has 82 valence electrons. The quantitative estimate of drug-likeness (QED) is 0.746. The van der Waals surface area contributed by atoms with Gasteiger partial charge < -0.3 is 10.6 Å². The Morgan fingerprint density at radius 2 is 2.21 bits per heavy atom. The van der Waals surface area contributed by atoms with Crippen LogP contribution >= 0.6 is 0 Å². The molecule has 1 rings (SSSR count). The summed E-state index contributed by atoms with van der Waals surface area (Å²) < 4.78 is 12.7. The topological polar surface area (TPSA) is 86.6 Å². The van der Waals surface area contributed by atoms with Crippen LogP contribution in [0, 0.1) is 0 Å². The molecule has 0 aliphatic heterocycles. The molecule has 1 aromatic heterocycles. The van der Waals surface area contributed by atoms with E-state index in [1.807, 2.05) is 13.8 Å². The zero-order valence-corrected chi connectivity index (χ0v) is 9.34. The third-order valence-electron chi connectivity index (χ3n) is 1.90. The molecule has 0 aliphatic rings. The van der Waals surface area contributed by atoms with Crippen LogP contribution in [-0.4, -0.2) is 37.4 Å². The summed E-state index contributed by atoms with van der Waals surface area (Å²) in [6, 6.07) is 0. The lowest BCUT2D eigenvalue weighted by molar-refractivity contribution is 0.152. The first-order chi connectivity index (χ1) is 5.97. The maximum absolute atomic E-state index is 11.1. The highest BCUT2D eigenvalue weighted by Gasteiger charge is 2.20. The average molecular weight is 220 g/mol. The van der Waals surface area contributed by atoms with Crippen LogP contribution in [0.1, 0.15) is 13.8 Å². The van der Waals surface area contributed by atoms with Crippen LogP contribution in [0.25, 0.3) is 0 Å². The molecule has 0 saturated heterocycles. The molecule has 3 N–H and O–H groups in total. The lowest BCUT2D eigenvalue weighted by atomic mass is 10.1. The van der Waals surface area contributed by atoms with Crippen molar-refractivity contribution in [2.45, 2.75) is 24.3 Å². The van der Waals surface area contributed by atoms with Crippen LogP contribution in [0.3, 0.4) is 0 Å². The first-order valence-corrected chi connectivity index (χ1v) is 5.52. The Labute approximate surface area is 85.5 Å². The third kappa shape index (κ3) is 2.63. The second kappa shape index (κ2) is 4.68. The van der Waals surface area contributed by atoms with Crippen molar-refractivity contribution >= 4 is 10.8 Å². The van der Waals surface area contributed by atoms with E-state index in [0.29, 0.717) is 4.90 Å². The van der Waals surface area contributed by atoms with Gasteiger partial charge in [0.15, 0.2) is 0 Å². The van der Waals surface area contributed by atoms with Crippen molar-refractivity contribution in [3.8, 4) is 0 Å². The fourth-order valence-corrected chi connectivity index (χ4v) is 1.30. The Kier molecular flexibility index (Phi) is 4.44. The molecule has 0 radical (unpaired) electrons. The number of aliphatic hydroxyl groups excluding tert-OH is 1. The zero-order chi connectivity index (χ0) is 10.1. The van der Waals surface area contributed by atoms with Crippen LogP contribution < -0.4 is 0 Å². The molecule has 5 nitrogen and oxygen atoms in total. The molecular formula is C8H16N2O3S. The van der Waals surface area contributed by atoms with Crippen molar-refractivity contribution in [2.24, 2.45) is 0 Å². The second-order valence-electron chi connectivity index (χ2n) is 3.55. The first-order valence-electron chi connectivity index (χ1n) is 3.97. The normalized spacial score (nSPS) is 13.4. The number of nitrogens with zero attached hydrogens (tertiary/aromatic N) is 2. The number of rotatable bonds is 3. The Bertz CT molecular complexity index is 322. The number of hydrogen-bond acceptors (Lipinski definition) is 3. The van der Waals surface area contributed by atoms with E-state index < -0.39 is 16.3 Å². The van der Waals surface area contributed by atoms with Crippen LogP contribution in [0.5, 0.6) is 0 Å². The zero-order valence-electron chi connectivity index (χ0n) is 8.52. The van der Waals surface area contributed by atoms with Crippen molar-refractivity contribution < 1.29 is 14.8 Å². The minimum atomic E-state index is -1.01. The molecule has 0 aromatic carbocycles. The molecule has 1 unspecified atom stereocenters. The molecule has 1 atom stereocenters. The molecular weight excluding hydrogens is 204 g/mol. The maximum atomic E-state index is 11.1. The van der Waals surface area contributed by atoms with E-state index in [0.717, 1.165) is 0 Å². The van der Waals surface area contributed by atoms with E-state index in [2.05, 4.69) is 5.10 Å². The summed E-state index contributed by atoms with van der Waals surface area (Å²) in [6.45, 7) is 3.73. The van der Waals surface area contributed by atoms with Gasteiger partial charge in [0, 0.05) is 12.5 Å². The summed E-state index contributed by atoms with van der Waals surface area (Å²) in [5, 5.41) is 13.1. The van der Waals surface area contributed by atoms with E-state index in [4.69, 9.17) is 5.11 Å². The molecule has 1 aromatic rings. The van der Waals surface area contributed by atoms with Gasteiger partial charge in [0.1, 0.15) is 0 Å². The van der Waals surface area contributed by atoms with Crippen molar-refractivity contribution in [1.82, 2.24) is 9.78 Å². The molecule has 0 aliphatic carbocycles. The monoisotopic (exact) mass is 220 g/mol. The van der Waals surface area contributed by atoms with E-state index in [1.54, 1.807) is 23.3 Å². The van der Waals surface area contributed by atoms with Gasteiger partial charge in [-0.3, -0.25) is 8.89 Å². The summed E-state index contributed by atoms with van der Waals surface area (Å²) in [7, 11) is -1.01. The smallest absolute Gasteiger partial charge is 0.0801 e.